The second kappa shape index (κ2) is 6.80. The number of rotatable bonds is 6. The summed E-state index contributed by atoms with van der Waals surface area (Å²) in [6.07, 6.45) is 0. The molecule has 6 nitrogen and oxygen atoms in total. The van der Waals surface area contributed by atoms with Gasteiger partial charge in [0.25, 0.3) is 0 Å². The lowest BCUT2D eigenvalue weighted by Gasteiger charge is -2.19. The third kappa shape index (κ3) is 4.21. The quantitative estimate of drug-likeness (QED) is 0.341. The van der Waals surface area contributed by atoms with Gasteiger partial charge in [-0.2, -0.15) is 0 Å². The predicted octanol–water partition coefficient (Wildman–Crippen LogP) is 0.967. The Balaban J connectivity index is 2.78. The standard InChI is InChI=1S/C12H20N4O2/c1-4-16(8-12(13)15-17)7-10-6-11(18-3)5-9(2)14-10/h5-6,17H,4,7-8H2,1-3H3,(H2,13,15). The Morgan fingerprint density at radius 3 is 2.83 bits per heavy atom. The maximum atomic E-state index is 8.57. The van der Waals surface area contributed by atoms with Crippen molar-refractivity contribution in [2.75, 3.05) is 20.2 Å². The van der Waals surface area contributed by atoms with E-state index in [1.165, 1.54) is 0 Å². The smallest absolute Gasteiger partial charge is 0.153 e. The van der Waals surface area contributed by atoms with E-state index in [0.717, 1.165) is 23.7 Å². The van der Waals surface area contributed by atoms with Crippen molar-refractivity contribution < 1.29 is 9.94 Å². The van der Waals surface area contributed by atoms with Gasteiger partial charge in [0, 0.05) is 24.4 Å². The van der Waals surface area contributed by atoms with Gasteiger partial charge in [0.1, 0.15) is 5.75 Å². The van der Waals surface area contributed by atoms with Gasteiger partial charge in [-0.3, -0.25) is 9.88 Å². The van der Waals surface area contributed by atoms with Crippen molar-refractivity contribution in [1.82, 2.24) is 9.88 Å². The minimum Gasteiger partial charge on any atom is -0.497 e. The van der Waals surface area contributed by atoms with Gasteiger partial charge in [0.2, 0.25) is 0 Å². The molecule has 0 spiro atoms. The number of oxime groups is 1. The van der Waals surface area contributed by atoms with Crippen LogP contribution in [0.15, 0.2) is 17.3 Å². The molecule has 0 saturated heterocycles. The molecule has 1 rings (SSSR count). The van der Waals surface area contributed by atoms with Crippen LogP contribution in [-0.2, 0) is 6.54 Å². The fraction of sp³-hybridized carbons (Fsp3) is 0.500. The van der Waals surface area contributed by atoms with Gasteiger partial charge < -0.3 is 15.7 Å². The molecule has 0 aliphatic carbocycles. The predicted molar refractivity (Wildman–Crippen MR) is 69.9 cm³/mol. The molecule has 6 heteroatoms. The van der Waals surface area contributed by atoms with Gasteiger partial charge in [0.15, 0.2) is 5.84 Å². The van der Waals surface area contributed by atoms with E-state index in [1.54, 1.807) is 7.11 Å². The number of aromatic nitrogens is 1. The van der Waals surface area contributed by atoms with Crippen LogP contribution in [0.25, 0.3) is 0 Å². The van der Waals surface area contributed by atoms with Gasteiger partial charge in [-0.15, -0.1) is 0 Å². The van der Waals surface area contributed by atoms with Crippen molar-refractivity contribution in [3.05, 3.63) is 23.5 Å². The molecule has 0 saturated carbocycles. The van der Waals surface area contributed by atoms with E-state index < -0.39 is 0 Å². The average Bonchev–Trinajstić information content (AvgIpc) is 2.36. The molecule has 100 valence electrons. The van der Waals surface area contributed by atoms with Crippen LogP contribution in [0.5, 0.6) is 5.75 Å². The van der Waals surface area contributed by atoms with Crippen LogP contribution in [0.2, 0.25) is 0 Å². The summed E-state index contributed by atoms with van der Waals surface area (Å²) in [7, 11) is 1.63. The number of likely N-dealkylation sites (N-methyl/N-ethyl adjacent to an activating group) is 1. The highest BCUT2D eigenvalue weighted by atomic mass is 16.5. The van der Waals surface area contributed by atoms with Crippen molar-refractivity contribution in [2.24, 2.45) is 10.9 Å². The zero-order valence-corrected chi connectivity index (χ0v) is 11.1. The van der Waals surface area contributed by atoms with E-state index in [0.29, 0.717) is 13.1 Å². The first-order valence-electron chi connectivity index (χ1n) is 5.79. The van der Waals surface area contributed by atoms with Gasteiger partial charge in [-0.1, -0.05) is 12.1 Å². The normalized spacial score (nSPS) is 11.9. The van der Waals surface area contributed by atoms with E-state index in [4.69, 9.17) is 15.7 Å². The number of pyridine rings is 1. The topological polar surface area (TPSA) is 84.0 Å². The third-order valence-corrected chi connectivity index (χ3v) is 2.56. The number of aryl methyl sites for hydroxylation is 1. The van der Waals surface area contributed by atoms with Gasteiger partial charge >= 0.3 is 0 Å². The van der Waals surface area contributed by atoms with Crippen LogP contribution in [0.4, 0.5) is 0 Å². The Labute approximate surface area is 107 Å². The summed E-state index contributed by atoms with van der Waals surface area (Å²) in [6, 6.07) is 3.77. The molecule has 1 aromatic heterocycles. The summed E-state index contributed by atoms with van der Waals surface area (Å²) in [5.41, 5.74) is 7.31. The molecule has 0 bridgehead atoms. The lowest BCUT2D eigenvalue weighted by atomic mass is 10.2. The first-order chi connectivity index (χ1) is 8.58. The average molecular weight is 252 g/mol. The number of nitrogens with two attached hydrogens (primary N) is 1. The highest BCUT2D eigenvalue weighted by Gasteiger charge is 2.08. The van der Waals surface area contributed by atoms with Gasteiger partial charge in [-0.25, -0.2) is 0 Å². The summed E-state index contributed by atoms with van der Waals surface area (Å²) in [5, 5.41) is 11.5. The lowest BCUT2D eigenvalue weighted by Crippen LogP contribution is -2.33. The van der Waals surface area contributed by atoms with Crippen LogP contribution in [0, 0.1) is 6.92 Å². The Bertz CT molecular complexity index is 421. The molecular formula is C12H20N4O2. The van der Waals surface area contributed by atoms with Crippen molar-refractivity contribution >= 4 is 5.84 Å². The van der Waals surface area contributed by atoms with Crippen molar-refractivity contribution in [3.63, 3.8) is 0 Å². The number of methoxy groups -OCH3 is 1. The highest BCUT2D eigenvalue weighted by Crippen LogP contribution is 2.14. The zero-order chi connectivity index (χ0) is 13.5. The van der Waals surface area contributed by atoms with Crippen molar-refractivity contribution in [2.45, 2.75) is 20.4 Å². The number of nitrogens with zero attached hydrogens (tertiary/aromatic N) is 3. The Hall–Kier alpha value is -1.82. The SMILES string of the molecule is CCN(C/C(N)=N/O)Cc1cc(OC)cc(C)n1. The maximum absolute atomic E-state index is 8.57. The molecule has 0 atom stereocenters. The third-order valence-electron chi connectivity index (χ3n) is 2.56. The molecule has 0 aliphatic heterocycles. The van der Waals surface area contributed by atoms with E-state index in [-0.39, 0.29) is 5.84 Å². The largest absolute Gasteiger partial charge is 0.497 e. The summed E-state index contributed by atoms with van der Waals surface area (Å²) in [6.45, 7) is 5.76. The van der Waals surface area contributed by atoms with Crippen LogP contribution < -0.4 is 10.5 Å². The van der Waals surface area contributed by atoms with E-state index in [9.17, 15) is 0 Å². The lowest BCUT2D eigenvalue weighted by molar-refractivity contribution is 0.292. The molecule has 0 aliphatic rings. The molecular weight excluding hydrogens is 232 g/mol. The Morgan fingerprint density at radius 2 is 2.28 bits per heavy atom. The number of hydrogen-bond acceptors (Lipinski definition) is 5. The minimum atomic E-state index is 0.191. The summed E-state index contributed by atoms with van der Waals surface area (Å²) in [4.78, 5) is 6.46. The van der Waals surface area contributed by atoms with E-state index >= 15 is 0 Å². The molecule has 0 amide bonds. The van der Waals surface area contributed by atoms with Crippen molar-refractivity contribution in [1.29, 1.82) is 0 Å². The fourth-order valence-corrected chi connectivity index (χ4v) is 1.67. The highest BCUT2D eigenvalue weighted by molar-refractivity contribution is 5.81. The second-order valence-corrected chi connectivity index (χ2v) is 4.03. The minimum absolute atomic E-state index is 0.191. The van der Waals surface area contributed by atoms with Crippen LogP contribution >= 0.6 is 0 Å². The molecule has 0 fully saturated rings. The summed E-state index contributed by atoms with van der Waals surface area (Å²) in [5.74, 6) is 0.980. The first kappa shape index (κ1) is 14.2. The molecule has 0 radical (unpaired) electrons. The zero-order valence-electron chi connectivity index (χ0n) is 11.1. The second-order valence-electron chi connectivity index (χ2n) is 4.03. The van der Waals surface area contributed by atoms with Crippen LogP contribution in [-0.4, -0.2) is 41.1 Å². The number of hydrogen-bond donors (Lipinski definition) is 2. The first-order valence-corrected chi connectivity index (χ1v) is 5.79. The van der Waals surface area contributed by atoms with Gasteiger partial charge in [0.05, 0.1) is 19.3 Å². The molecule has 1 aromatic rings. The van der Waals surface area contributed by atoms with Crippen molar-refractivity contribution in [3.8, 4) is 5.75 Å². The monoisotopic (exact) mass is 252 g/mol. The summed E-state index contributed by atoms with van der Waals surface area (Å²) < 4.78 is 5.21. The van der Waals surface area contributed by atoms with Crippen LogP contribution in [0.3, 0.4) is 0 Å². The molecule has 18 heavy (non-hydrogen) atoms. The number of amidine groups is 1. The molecule has 0 unspecified atom stereocenters. The Morgan fingerprint density at radius 1 is 1.56 bits per heavy atom. The van der Waals surface area contributed by atoms with Crippen LogP contribution in [0.1, 0.15) is 18.3 Å². The summed E-state index contributed by atoms with van der Waals surface area (Å²) >= 11 is 0. The van der Waals surface area contributed by atoms with Gasteiger partial charge in [-0.05, 0) is 13.5 Å². The van der Waals surface area contributed by atoms with E-state index in [1.807, 2.05) is 30.9 Å². The molecule has 1 heterocycles. The number of ether oxygens (including phenoxy) is 1. The maximum Gasteiger partial charge on any atom is 0.153 e. The Kier molecular flexibility index (Phi) is 5.38. The molecule has 0 aromatic carbocycles. The fourth-order valence-electron chi connectivity index (χ4n) is 1.67. The van der Waals surface area contributed by atoms with E-state index in [2.05, 4.69) is 10.1 Å². The molecule has 3 N–H and O–H groups in total.